The number of carbonyl (C=O) groups excluding carboxylic acids is 1. The molecule has 5 rings (SSSR count). The number of nitrogens with zero attached hydrogens (tertiary/aromatic N) is 2. The van der Waals surface area contributed by atoms with Crippen LogP contribution in [0.3, 0.4) is 0 Å². The number of aromatic hydroxyl groups is 1. The zero-order valence-corrected chi connectivity index (χ0v) is 18.5. The molecule has 0 bridgehead atoms. The summed E-state index contributed by atoms with van der Waals surface area (Å²) in [5, 5.41) is 11.8. The van der Waals surface area contributed by atoms with E-state index in [0.717, 1.165) is 30.5 Å². The van der Waals surface area contributed by atoms with Gasteiger partial charge in [-0.25, -0.2) is 0 Å². The SMILES string of the molecule is CC1CC(C)CN(C(=O)CC(c2ccc3c(c2)OCO3)c2c(O)ccc3cccnc23)C1. The van der Waals surface area contributed by atoms with E-state index in [2.05, 4.69) is 18.8 Å². The largest absolute Gasteiger partial charge is 0.508 e. The van der Waals surface area contributed by atoms with Crippen LogP contribution in [0, 0.1) is 11.8 Å². The number of piperidine rings is 1. The Morgan fingerprint density at radius 2 is 1.91 bits per heavy atom. The standard InChI is InChI=1S/C26H28N2O4/c1-16-10-17(2)14-28(13-16)24(30)12-20(19-6-8-22-23(11-19)32-15-31-22)25-21(29)7-5-18-4-3-9-27-26(18)25/h3-9,11,16-17,20,29H,10,12-15H2,1-2H3. The maximum atomic E-state index is 13.5. The van der Waals surface area contributed by atoms with Crippen LogP contribution in [0.25, 0.3) is 10.9 Å². The third-order valence-corrected chi connectivity index (χ3v) is 6.54. The summed E-state index contributed by atoms with van der Waals surface area (Å²) in [4.78, 5) is 20.0. The van der Waals surface area contributed by atoms with Crippen LogP contribution >= 0.6 is 0 Å². The number of phenolic OH excluding ortho intramolecular Hbond substituents is 1. The lowest BCUT2D eigenvalue weighted by molar-refractivity contribution is -0.134. The predicted molar refractivity (Wildman–Crippen MR) is 122 cm³/mol. The van der Waals surface area contributed by atoms with Crippen LogP contribution in [-0.4, -0.2) is 40.8 Å². The molecule has 0 spiro atoms. The Hall–Kier alpha value is -3.28. The molecule has 0 saturated carbocycles. The van der Waals surface area contributed by atoms with Gasteiger partial charge in [0.25, 0.3) is 0 Å². The first-order valence-electron chi connectivity index (χ1n) is 11.2. The molecule has 6 heteroatoms. The Bertz CT molecular complexity index is 1150. The Labute approximate surface area is 187 Å². The van der Waals surface area contributed by atoms with Crippen molar-refractivity contribution in [3.8, 4) is 17.2 Å². The minimum absolute atomic E-state index is 0.0957. The minimum Gasteiger partial charge on any atom is -0.508 e. The zero-order valence-electron chi connectivity index (χ0n) is 18.5. The van der Waals surface area contributed by atoms with E-state index in [1.165, 1.54) is 0 Å². The van der Waals surface area contributed by atoms with Crippen molar-refractivity contribution in [3.63, 3.8) is 0 Å². The van der Waals surface area contributed by atoms with Gasteiger partial charge in [0.05, 0.1) is 5.52 Å². The molecule has 1 saturated heterocycles. The normalized spacial score (nSPS) is 21.0. The van der Waals surface area contributed by atoms with E-state index >= 15 is 0 Å². The number of phenols is 1. The van der Waals surface area contributed by atoms with Crippen molar-refractivity contribution in [1.29, 1.82) is 0 Å². The van der Waals surface area contributed by atoms with Gasteiger partial charge in [-0.05, 0) is 54.2 Å². The summed E-state index contributed by atoms with van der Waals surface area (Å²) >= 11 is 0. The number of likely N-dealkylation sites (tertiary alicyclic amines) is 1. The quantitative estimate of drug-likeness (QED) is 0.647. The number of fused-ring (bicyclic) bond motifs is 2. The molecule has 32 heavy (non-hydrogen) atoms. The van der Waals surface area contributed by atoms with Gasteiger partial charge in [0.2, 0.25) is 12.7 Å². The number of hydrogen-bond acceptors (Lipinski definition) is 5. The predicted octanol–water partition coefficient (Wildman–Crippen LogP) is 4.70. The van der Waals surface area contributed by atoms with Crippen molar-refractivity contribution in [2.75, 3.05) is 19.9 Å². The number of ether oxygens (including phenoxy) is 2. The fourth-order valence-electron chi connectivity index (χ4n) is 5.19. The average Bonchev–Trinajstić information content (AvgIpc) is 3.25. The molecule has 2 aliphatic rings. The third kappa shape index (κ3) is 3.85. The topological polar surface area (TPSA) is 71.9 Å². The van der Waals surface area contributed by atoms with E-state index in [4.69, 9.17) is 9.47 Å². The van der Waals surface area contributed by atoms with Gasteiger partial charge in [0, 0.05) is 42.6 Å². The zero-order chi connectivity index (χ0) is 22.2. The fraction of sp³-hybridized carbons (Fsp3) is 0.385. The molecule has 1 aromatic heterocycles. The number of rotatable bonds is 4. The molecule has 2 aromatic carbocycles. The van der Waals surface area contributed by atoms with Crippen molar-refractivity contribution in [3.05, 3.63) is 59.8 Å². The Morgan fingerprint density at radius 3 is 2.72 bits per heavy atom. The van der Waals surface area contributed by atoms with Crippen LogP contribution in [0.15, 0.2) is 48.7 Å². The highest BCUT2D eigenvalue weighted by atomic mass is 16.7. The lowest BCUT2D eigenvalue weighted by Crippen LogP contribution is -2.43. The number of benzene rings is 2. The molecule has 3 unspecified atom stereocenters. The van der Waals surface area contributed by atoms with E-state index in [9.17, 15) is 9.90 Å². The molecule has 166 valence electrons. The number of pyridine rings is 1. The number of amides is 1. The lowest BCUT2D eigenvalue weighted by Gasteiger charge is -2.36. The molecule has 3 heterocycles. The van der Waals surface area contributed by atoms with Gasteiger partial charge >= 0.3 is 0 Å². The van der Waals surface area contributed by atoms with E-state index in [1.807, 2.05) is 41.3 Å². The maximum absolute atomic E-state index is 13.5. The summed E-state index contributed by atoms with van der Waals surface area (Å²) in [6.45, 7) is 6.14. The molecule has 1 fully saturated rings. The van der Waals surface area contributed by atoms with E-state index < -0.39 is 0 Å². The number of hydrogen-bond donors (Lipinski definition) is 1. The van der Waals surface area contributed by atoms with Gasteiger partial charge in [-0.15, -0.1) is 0 Å². The molecule has 0 radical (unpaired) electrons. The molecule has 0 aliphatic carbocycles. The van der Waals surface area contributed by atoms with Crippen LogP contribution in [0.2, 0.25) is 0 Å². The fourth-order valence-corrected chi connectivity index (χ4v) is 5.19. The first-order valence-corrected chi connectivity index (χ1v) is 11.2. The van der Waals surface area contributed by atoms with Gasteiger partial charge in [-0.1, -0.05) is 26.0 Å². The van der Waals surface area contributed by atoms with E-state index in [-0.39, 0.29) is 30.8 Å². The van der Waals surface area contributed by atoms with Crippen molar-refractivity contribution in [2.45, 2.75) is 32.6 Å². The Balaban J connectivity index is 1.58. The van der Waals surface area contributed by atoms with Crippen molar-refractivity contribution in [2.24, 2.45) is 11.8 Å². The summed E-state index contributed by atoms with van der Waals surface area (Å²) in [5.41, 5.74) is 2.28. The first kappa shape index (κ1) is 20.6. The van der Waals surface area contributed by atoms with Gasteiger partial charge < -0.3 is 19.5 Å². The molecule has 1 amide bonds. The summed E-state index contributed by atoms with van der Waals surface area (Å²) in [6, 6.07) is 13.1. The molecule has 2 aliphatic heterocycles. The van der Waals surface area contributed by atoms with Crippen molar-refractivity contribution in [1.82, 2.24) is 9.88 Å². The highest BCUT2D eigenvalue weighted by molar-refractivity contribution is 5.87. The van der Waals surface area contributed by atoms with Crippen LogP contribution in [0.5, 0.6) is 17.2 Å². The molecular formula is C26H28N2O4. The lowest BCUT2D eigenvalue weighted by atomic mass is 9.85. The van der Waals surface area contributed by atoms with Crippen LogP contribution in [0.4, 0.5) is 0 Å². The summed E-state index contributed by atoms with van der Waals surface area (Å²) in [7, 11) is 0. The second kappa shape index (κ2) is 8.34. The summed E-state index contributed by atoms with van der Waals surface area (Å²) in [5.74, 6) is 2.21. The molecule has 1 N–H and O–H groups in total. The average molecular weight is 433 g/mol. The second-order valence-electron chi connectivity index (χ2n) is 9.19. The monoisotopic (exact) mass is 432 g/mol. The summed E-state index contributed by atoms with van der Waals surface area (Å²) < 4.78 is 11.1. The number of aromatic nitrogens is 1. The molecule has 3 atom stereocenters. The molecular weight excluding hydrogens is 404 g/mol. The summed E-state index contributed by atoms with van der Waals surface area (Å²) in [6.07, 6.45) is 3.11. The third-order valence-electron chi connectivity index (χ3n) is 6.54. The van der Waals surface area contributed by atoms with E-state index in [1.54, 1.807) is 12.3 Å². The van der Waals surface area contributed by atoms with Crippen LogP contribution < -0.4 is 9.47 Å². The van der Waals surface area contributed by atoms with Crippen molar-refractivity contribution < 1.29 is 19.4 Å². The van der Waals surface area contributed by atoms with Crippen LogP contribution in [0.1, 0.15) is 43.7 Å². The van der Waals surface area contributed by atoms with Gasteiger partial charge in [0.1, 0.15) is 5.75 Å². The maximum Gasteiger partial charge on any atom is 0.231 e. The van der Waals surface area contributed by atoms with E-state index in [0.29, 0.717) is 34.4 Å². The van der Waals surface area contributed by atoms with Gasteiger partial charge in [0.15, 0.2) is 11.5 Å². The molecule has 3 aromatic rings. The Kier molecular flexibility index (Phi) is 5.37. The highest BCUT2D eigenvalue weighted by Crippen LogP contribution is 2.42. The number of carbonyl (C=O) groups is 1. The van der Waals surface area contributed by atoms with Gasteiger partial charge in [-0.2, -0.15) is 0 Å². The molecule has 6 nitrogen and oxygen atoms in total. The second-order valence-corrected chi connectivity index (χ2v) is 9.19. The Morgan fingerprint density at radius 1 is 1.12 bits per heavy atom. The van der Waals surface area contributed by atoms with Crippen LogP contribution in [-0.2, 0) is 4.79 Å². The highest BCUT2D eigenvalue weighted by Gasteiger charge is 2.31. The van der Waals surface area contributed by atoms with Crippen molar-refractivity contribution >= 4 is 16.8 Å². The first-order chi connectivity index (χ1) is 15.5. The smallest absolute Gasteiger partial charge is 0.231 e. The van der Waals surface area contributed by atoms with Gasteiger partial charge in [-0.3, -0.25) is 9.78 Å². The minimum atomic E-state index is -0.358.